The number of fused-ring (bicyclic) bond motifs is 1. The molecule has 3 aromatic rings. The molecule has 43 heavy (non-hydrogen) atoms. The van der Waals surface area contributed by atoms with Gasteiger partial charge < -0.3 is 24.8 Å². The summed E-state index contributed by atoms with van der Waals surface area (Å²) >= 11 is 0. The molecule has 0 bridgehead atoms. The molecule has 3 aliphatic rings. The van der Waals surface area contributed by atoms with Crippen molar-refractivity contribution >= 4 is 49.7 Å². The van der Waals surface area contributed by atoms with Crippen LogP contribution in [0, 0.1) is 0 Å². The van der Waals surface area contributed by atoms with Gasteiger partial charge in [-0.25, -0.2) is 9.59 Å². The lowest BCUT2D eigenvalue weighted by Gasteiger charge is -2.41. The van der Waals surface area contributed by atoms with E-state index in [1.165, 1.54) is 0 Å². The Bertz CT molecular complexity index is 1500. The number of para-hydroxylation sites is 2. The summed E-state index contributed by atoms with van der Waals surface area (Å²) in [5.74, 6) is -0.178. The Kier molecular flexibility index (Phi) is 8.95. The number of hydrogen-bond donors (Lipinski definition) is 2. The van der Waals surface area contributed by atoms with E-state index in [-0.39, 0.29) is 24.1 Å². The highest BCUT2D eigenvalue weighted by Crippen LogP contribution is 2.26. The number of aromatic nitrogens is 2. The Labute approximate surface area is 254 Å². The summed E-state index contributed by atoms with van der Waals surface area (Å²) in [4.78, 5) is 48.9. The molecule has 0 saturated carbocycles. The number of amides is 2. The lowest BCUT2D eigenvalue weighted by molar-refractivity contribution is -0.142. The number of H-pyrrole nitrogens is 1. The van der Waals surface area contributed by atoms with E-state index in [0.29, 0.717) is 56.0 Å². The predicted octanol–water partition coefficient (Wildman–Crippen LogP) is 0.198. The summed E-state index contributed by atoms with van der Waals surface area (Å²) in [6.45, 7) is 6.19. The summed E-state index contributed by atoms with van der Waals surface area (Å²) in [7, 11) is 12.0. The smallest absolute Gasteiger partial charge is 0.410 e. The number of hydrogen-bond acceptors (Lipinski definition) is 6. The number of likely N-dealkylation sites (tertiary alicyclic amines) is 2. The van der Waals surface area contributed by atoms with Gasteiger partial charge in [0.15, 0.2) is 6.10 Å². The van der Waals surface area contributed by atoms with Gasteiger partial charge in [-0.1, -0.05) is 30.3 Å². The van der Waals surface area contributed by atoms with Crippen molar-refractivity contribution in [2.75, 3.05) is 52.4 Å². The fourth-order valence-electron chi connectivity index (χ4n) is 6.79. The first kappa shape index (κ1) is 29.6. The largest absolute Gasteiger partial charge is 0.436 e. The Balaban J connectivity index is 1.11. The number of imidazole rings is 1. The van der Waals surface area contributed by atoms with Crippen molar-refractivity contribution in [1.82, 2.24) is 29.6 Å². The number of rotatable bonds is 6. The number of piperidine rings is 2. The molecule has 0 spiro atoms. The molecule has 10 nitrogen and oxygen atoms in total. The van der Waals surface area contributed by atoms with E-state index in [1.807, 2.05) is 35.2 Å². The van der Waals surface area contributed by atoms with Gasteiger partial charge in [-0.3, -0.25) is 14.3 Å². The Morgan fingerprint density at radius 3 is 2.26 bits per heavy atom. The van der Waals surface area contributed by atoms with Gasteiger partial charge >= 0.3 is 11.8 Å². The van der Waals surface area contributed by atoms with Crippen LogP contribution in [0.2, 0.25) is 0 Å². The third-order valence-corrected chi connectivity index (χ3v) is 9.25. The van der Waals surface area contributed by atoms with Gasteiger partial charge in [0.2, 0.25) is 0 Å². The Morgan fingerprint density at radius 1 is 0.860 bits per heavy atom. The summed E-state index contributed by atoms with van der Waals surface area (Å²) in [5.41, 5.74) is 3.21. The van der Waals surface area contributed by atoms with Crippen molar-refractivity contribution < 1.29 is 14.3 Å². The SMILES string of the molecule is [B]c1ccc(C[C@@H](OC(=O)N2CCC(n3c(=O)[nH]c4ccccc43)CC2)C(=O)N2CCC(N3CCNCC3)CC2)cc1[B]. The van der Waals surface area contributed by atoms with Crippen LogP contribution in [-0.4, -0.2) is 116 Å². The summed E-state index contributed by atoms with van der Waals surface area (Å²) < 4.78 is 7.76. The quantitative estimate of drug-likeness (QED) is 0.405. The zero-order valence-electron chi connectivity index (χ0n) is 24.5. The molecule has 3 aliphatic heterocycles. The maximum absolute atomic E-state index is 13.8. The highest BCUT2D eigenvalue weighted by Gasteiger charge is 2.35. The minimum absolute atomic E-state index is 0.0279. The molecule has 1 atom stereocenters. The van der Waals surface area contributed by atoms with E-state index >= 15 is 0 Å². The number of aromatic amines is 1. The lowest BCUT2D eigenvalue weighted by atomic mass is 9.79. The van der Waals surface area contributed by atoms with Crippen LogP contribution in [0.25, 0.3) is 11.0 Å². The fourth-order valence-corrected chi connectivity index (χ4v) is 6.79. The highest BCUT2D eigenvalue weighted by atomic mass is 16.6. The van der Waals surface area contributed by atoms with Crippen LogP contribution in [0.1, 0.15) is 37.3 Å². The number of ether oxygens (including phenoxy) is 1. The molecule has 0 unspecified atom stereocenters. The van der Waals surface area contributed by atoms with Crippen molar-refractivity contribution in [3.05, 3.63) is 58.5 Å². The Hall–Kier alpha value is -3.50. The second-order valence-electron chi connectivity index (χ2n) is 11.9. The van der Waals surface area contributed by atoms with Gasteiger partial charge in [-0.15, -0.1) is 10.9 Å². The molecule has 6 rings (SSSR count). The number of carbonyl (C=O) groups is 2. The van der Waals surface area contributed by atoms with Gasteiger partial charge in [-0.2, -0.15) is 0 Å². The molecular formula is C31H38B2N6O4. The fraction of sp³-hybridized carbons (Fsp3) is 0.516. The topological polar surface area (TPSA) is 103 Å². The molecule has 222 valence electrons. The molecule has 2 N–H and O–H groups in total. The van der Waals surface area contributed by atoms with E-state index in [2.05, 4.69) is 15.2 Å². The monoisotopic (exact) mass is 580 g/mol. The van der Waals surface area contributed by atoms with E-state index in [0.717, 1.165) is 55.6 Å². The average molecular weight is 580 g/mol. The van der Waals surface area contributed by atoms with E-state index in [1.54, 1.807) is 21.6 Å². The number of nitrogens with zero attached hydrogens (tertiary/aromatic N) is 4. The van der Waals surface area contributed by atoms with E-state index < -0.39 is 12.2 Å². The number of benzene rings is 2. The maximum atomic E-state index is 13.8. The molecule has 12 heteroatoms. The van der Waals surface area contributed by atoms with Crippen LogP contribution in [0.5, 0.6) is 0 Å². The van der Waals surface area contributed by atoms with Gasteiger partial charge in [-0.05, 0) is 43.4 Å². The summed E-state index contributed by atoms with van der Waals surface area (Å²) in [6.07, 6.45) is 1.77. The molecule has 3 saturated heterocycles. The van der Waals surface area contributed by atoms with Crippen LogP contribution < -0.4 is 21.9 Å². The van der Waals surface area contributed by atoms with Crippen LogP contribution in [-0.2, 0) is 16.0 Å². The van der Waals surface area contributed by atoms with Crippen LogP contribution in [0.3, 0.4) is 0 Å². The molecule has 2 aromatic carbocycles. The van der Waals surface area contributed by atoms with Crippen molar-refractivity contribution in [2.45, 2.75) is 50.3 Å². The number of piperazine rings is 1. The van der Waals surface area contributed by atoms with Gasteiger partial charge in [0, 0.05) is 70.9 Å². The van der Waals surface area contributed by atoms with Crippen LogP contribution in [0.15, 0.2) is 47.3 Å². The highest BCUT2D eigenvalue weighted by molar-refractivity contribution is 6.48. The maximum Gasteiger partial charge on any atom is 0.410 e. The number of nitrogens with one attached hydrogen (secondary N) is 2. The zero-order chi connectivity index (χ0) is 29.9. The third kappa shape index (κ3) is 6.55. The van der Waals surface area contributed by atoms with Crippen LogP contribution in [0.4, 0.5) is 4.79 Å². The Morgan fingerprint density at radius 2 is 1.53 bits per heavy atom. The second-order valence-corrected chi connectivity index (χ2v) is 11.9. The molecule has 1 aromatic heterocycles. The molecule has 3 fully saturated rings. The average Bonchev–Trinajstić information content (AvgIpc) is 3.38. The standard InChI is InChI=1S/C31H38B2N6O4/c32-24-6-5-21(19-25(24)33)20-28(29(40)37-13-7-22(8-14-37)36-17-11-34-12-18-36)43-31(42)38-15-9-23(10-16-38)39-27-4-2-1-3-26(27)35-30(39)41/h1-6,19,22-23,28,34H,7-18,20H2,(H,35,41)/t28-/m1/s1. The van der Waals surface area contributed by atoms with Crippen molar-refractivity contribution in [3.8, 4) is 0 Å². The van der Waals surface area contributed by atoms with E-state index in [4.69, 9.17) is 20.4 Å². The first-order valence-corrected chi connectivity index (χ1v) is 15.4. The van der Waals surface area contributed by atoms with Gasteiger partial charge in [0.25, 0.3) is 5.91 Å². The normalized spacial score (nSPS) is 19.9. The second kappa shape index (κ2) is 13.0. The third-order valence-electron chi connectivity index (χ3n) is 9.25. The van der Waals surface area contributed by atoms with Crippen LogP contribution >= 0.6 is 0 Å². The molecule has 4 heterocycles. The van der Waals surface area contributed by atoms with Crippen molar-refractivity contribution in [3.63, 3.8) is 0 Å². The van der Waals surface area contributed by atoms with Crippen molar-refractivity contribution in [2.24, 2.45) is 0 Å². The van der Waals surface area contributed by atoms with Gasteiger partial charge in [0.1, 0.15) is 15.7 Å². The van der Waals surface area contributed by atoms with E-state index in [9.17, 15) is 14.4 Å². The predicted molar refractivity (Wildman–Crippen MR) is 168 cm³/mol. The minimum atomic E-state index is -0.972. The van der Waals surface area contributed by atoms with Gasteiger partial charge in [0.05, 0.1) is 11.0 Å². The first-order chi connectivity index (χ1) is 20.9. The number of carbonyl (C=O) groups excluding carboxylic acids is 2. The molecule has 0 aliphatic carbocycles. The zero-order valence-corrected chi connectivity index (χ0v) is 24.5. The minimum Gasteiger partial charge on any atom is -0.436 e. The van der Waals surface area contributed by atoms with Crippen molar-refractivity contribution in [1.29, 1.82) is 0 Å². The molecular weight excluding hydrogens is 542 g/mol. The molecule has 4 radical (unpaired) electrons. The molecule has 2 amide bonds. The summed E-state index contributed by atoms with van der Waals surface area (Å²) in [5, 5.41) is 3.40. The lowest BCUT2D eigenvalue weighted by Crippen LogP contribution is -2.54. The first-order valence-electron chi connectivity index (χ1n) is 15.4. The summed E-state index contributed by atoms with van der Waals surface area (Å²) in [6, 6.07) is 13.3.